The van der Waals surface area contributed by atoms with Crippen LogP contribution in [-0.4, -0.2) is 35.1 Å². The topological polar surface area (TPSA) is 79.0 Å². The summed E-state index contributed by atoms with van der Waals surface area (Å²) in [6.07, 6.45) is 3.43. The van der Waals surface area contributed by atoms with Crippen LogP contribution in [0, 0.1) is 11.3 Å². The first-order valence-corrected chi connectivity index (χ1v) is 6.88. The molecule has 1 aliphatic carbocycles. The van der Waals surface area contributed by atoms with Crippen molar-refractivity contribution in [3.05, 3.63) is 12.3 Å². The molecule has 1 saturated carbocycles. The molecule has 0 atom stereocenters. The Morgan fingerprint density at radius 3 is 2.82 bits per heavy atom. The van der Waals surface area contributed by atoms with Crippen molar-refractivity contribution < 1.29 is 8.42 Å². The third-order valence-corrected chi connectivity index (χ3v) is 4.77. The first-order chi connectivity index (χ1) is 8.07. The summed E-state index contributed by atoms with van der Waals surface area (Å²) in [4.78, 5) is 0. The van der Waals surface area contributed by atoms with Gasteiger partial charge in [0.25, 0.3) is 10.0 Å². The zero-order valence-corrected chi connectivity index (χ0v) is 10.4. The van der Waals surface area contributed by atoms with E-state index >= 15 is 0 Å². The van der Waals surface area contributed by atoms with Crippen molar-refractivity contribution in [1.82, 2.24) is 14.1 Å². The Labute approximate surface area is 101 Å². The Balaban J connectivity index is 2.29. The van der Waals surface area contributed by atoms with Gasteiger partial charge in [-0.25, -0.2) is 8.42 Å². The molecular weight excluding hydrogens is 240 g/mol. The zero-order chi connectivity index (χ0) is 12.5. The van der Waals surface area contributed by atoms with Crippen LogP contribution >= 0.6 is 0 Å². The highest BCUT2D eigenvalue weighted by atomic mass is 32.2. The van der Waals surface area contributed by atoms with Crippen LogP contribution in [0.5, 0.6) is 0 Å². The normalized spacial score (nSPS) is 16.1. The first kappa shape index (κ1) is 12.1. The standard InChI is InChI=1S/C10H14N4O2S/c1-13-10(5-7-12-13)17(15,16)14(8-2-6-11)9-3-4-9/h5,7,9H,2-4,8H2,1H3. The van der Waals surface area contributed by atoms with Crippen molar-refractivity contribution in [2.75, 3.05) is 6.54 Å². The number of aryl methyl sites for hydroxylation is 1. The van der Waals surface area contributed by atoms with Crippen LogP contribution in [0.4, 0.5) is 0 Å². The van der Waals surface area contributed by atoms with E-state index in [-0.39, 0.29) is 24.0 Å². The van der Waals surface area contributed by atoms with Gasteiger partial charge < -0.3 is 0 Å². The second-order valence-corrected chi connectivity index (χ2v) is 5.89. The molecule has 1 aliphatic rings. The highest BCUT2D eigenvalue weighted by Crippen LogP contribution is 2.31. The predicted molar refractivity (Wildman–Crippen MR) is 60.4 cm³/mol. The fourth-order valence-electron chi connectivity index (χ4n) is 1.76. The quantitative estimate of drug-likeness (QED) is 0.766. The Bertz CT molecular complexity index is 539. The molecule has 1 aromatic heterocycles. The van der Waals surface area contributed by atoms with Gasteiger partial charge >= 0.3 is 0 Å². The van der Waals surface area contributed by atoms with Gasteiger partial charge in [0.1, 0.15) is 0 Å². The van der Waals surface area contributed by atoms with Crippen LogP contribution in [0.15, 0.2) is 17.3 Å². The van der Waals surface area contributed by atoms with E-state index in [1.165, 1.54) is 21.3 Å². The van der Waals surface area contributed by atoms with Gasteiger partial charge in [0.05, 0.1) is 12.3 Å². The van der Waals surface area contributed by atoms with Crippen molar-refractivity contribution in [1.29, 1.82) is 5.26 Å². The van der Waals surface area contributed by atoms with E-state index in [0.717, 1.165) is 12.8 Å². The SMILES string of the molecule is Cn1nccc1S(=O)(=O)N(CCC#N)C1CC1. The average molecular weight is 254 g/mol. The summed E-state index contributed by atoms with van der Waals surface area (Å²) >= 11 is 0. The van der Waals surface area contributed by atoms with Crippen LogP contribution in [0.2, 0.25) is 0 Å². The second-order valence-electron chi connectivity index (χ2n) is 4.05. The van der Waals surface area contributed by atoms with Gasteiger partial charge in [-0.3, -0.25) is 4.68 Å². The molecule has 0 unspecified atom stereocenters. The highest BCUT2D eigenvalue weighted by Gasteiger charge is 2.38. The Morgan fingerprint density at radius 1 is 1.65 bits per heavy atom. The summed E-state index contributed by atoms with van der Waals surface area (Å²) in [6.45, 7) is 0.259. The lowest BCUT2D eigenvalue weighted by atomic mass is 10.4. The number of aromatic nitrogens is 2. The van der Waals surface area contributed by atoms with Gasteiger partial charge in [-0.2, -0.15) is 14.7 Å². The Morgan fingerprint density at radius 2 is 2.35 bits per heavy atom. The summed E-state index contributed by atoms with van der Waals surface area (Å²) in [5.41, 5.74) is 0. The minimum absolute atomic E-state index is 0.0586. The molecule has 1 heterocycles. The van der Waals surface area contributed by atoms with Crippen LogP contribution < -0.4 is 0 Å². The maximum Gasteiger partial charge on any atom is 0.260 e. The van der Waals surface area contributed by atoms with Crippen molar-refractivity contribution in [2.24, 2.45) is 7.05 Å². The Hall–Kier alpha value is -1.39. The number of nitriles is 1. The molecule has 1 fully saturated rings. The average Bonchev–Trinajstić information content (AvgIpc) is 3.00. The molecule has 0 bridgehead atoms. The smallest absolute Gasteiger partial charge is 0.256 e. The monoisotopic (exact) mass is 254 g/mol. The van der Waals surface area contributed by atoms with Crippen molar-refractivity contribution in [3.8, 4) is 6.07 Å². The fourth-order valence-corrected chi connectivity index (χ4v) is 3.55. The van der Waals surface area contributed by atoms with E-state index in [1.807, 2.05) is 6.07 Å². The fraction of sp³-hybridized carbons (Fsp3) is 0.600. The highest BCUT2D eigenvalue weighted by molar-refractivity contribution is 7.89. The van der Waals surface area contributed by atoms with Crippen molar-refractivity contribution >= 4 is 10.0 Å². The molecular formula is C10H14N4O2S. The van der Waals surface area contributed by atoms with E-state index in [4.69, 9.17) is 5.26 Å². The summed E-state index contributed by atoms with van der Waals surface area (Å²) in [5.74, 6) is 0. The molecule has 0 aromatic carbocycles. The largest absolute Gasteiger partial charge is 0.260 e. The number of hydrogen-bond donors (Lipinski definition) is 0. The van der Waals surface area contributed by atoms with Crippen LogP contribution in [0.3, 0.4) is 0 Å². The molecule has 2 rings (SSSR count). The predicted octanol–water partition coefficient (Wildman–Crippen LogP) is 0.487. The minimum atomic E-state index is -3.51. The molecule has 0 spiro atoms. The lowest BCUT2D eigenvalue weighted by molar-refractivity contribution is 0.405. The molecule has 17 heavy (non-hydrogen) atoms. The Kier molecular flexibility index (Phi) is 3.17. The molecule has 0 saturated heterocycles. The molecule has 0 radical (unpaired) electrons. The van der Waals surface area contributed by atoms with Crippen molar-refractivity contribution in [2.45, 2.75) is 30.3 Å². The molecule has 92 valence electrons. The number of sulfonamides is 1. The van der Waals surface area contributed by atoms with Crippen LogP contribution in [0.25, 0.3) is 0 Å². The zero-order valence-electron chi connectivity index (χ0n) is 9.57. The molecule has 7 heteroatoms. The van der Waals surface area contributed by atoms with Gasteiger partial charge in [0.15, 0.2) is 5.03 Å². The number of hydrogen-bond acceptors (Lipinski definition) is 4. The third-order valence-electron chi connectivity index (χ3n) is 2.75. The molecule has 1 aromatic rings. The molecule has 0 amide bonds. The van der Waals surface area contributed by atoms with Crippen LogP contribution in [0.1, 0.15) is 19.3 Å². The number of rotatable bonds is 5. The van der Waals surface area contributed by atoms with Gasteiger partial charge in [-0.05, 0) is 18.9 Å². The first-order valence-electron chi connectivity index (χ1n) is 5.44. The summed E-state index contributed by atoms with van der Waals surface area (Å²) in [7, 11) is -1.92. The van der Waals surface area contributed by atoms with E-state index in [2.05, 4.69) is 5.10 Å². The second kappa shape index (κ2) is 4.47. The van der Waals surface area contributed by atoms with E-state index in [0.29, 0.717) is 0 Å². The minimum Gasteiger partial charge on any atom is -0.256 e. The maximum atomic E-state index is 12.4. The summed E-state index contributed by atoms with van der Waals surface area (Å²) < 4.78 is 27.5. The van der Waals surface area contributed by atoms with E-state index in [9.17, 15) is 8.42 Å². The van der Waals surface area contributed by atoms with Gasteiger partial charge in [-0.15, -0.1) is 0 Å². The van der Waals surface area contributed by atoms with E-state index < -0.39 is 10.0 Å². The maximum absolute atomic E-state index is 12.4. The molecule has 0 N–H and O–H groups in total. The number of nitrogens with zero attached hydrogens (tertiary/aromatic N) is 4. The summed E-state index contributed by atoms with van der Waals surface area (Å²) in [5, 5.41) is 12.6. The van der Waals surface area contributed by atoms with Gasteiger partial charge in [0.2, 0.25) is 0 Å². The molecule has 0 aliphatic heterocycles. The van der Waals surface area contributed by atoms with Crippen LogP contribution in [-0.2, 0) is 17.1 Å². The van der Waals surface area contributed by atoms with Crippen molar-refractivity contribution in [3.63, 3.8) is 0 Å². The third kappa shape index (κ3) is 2.33. The van der Waals surface area contributed by atoms with E-state index in [1.54, 1.807) is 7.05 Å². The van der Waals surface area contributed by atoms with Gasteiger partial charge in [-0.1, -0.05) is 0 Å². The lowest BCUT2D eigenvalue weighted by Gasteiger charge is -2.20. The summed E-state index contributed by atoms with van der Waals surface area (Å²) in [6, 6.07) is 3.53. The molecule has 6 nitrogen and oxygen atoms in total. The lowest BCUT2D eigenvalue weighted by Crippen LogP contribution is -2.35. The van der Waals surface area contributed by atoms with Gasteiger partial charge in [0, 0.05) is 26.1 Å².